The van der Waals surface area contributed by atoms with E-state index in [2.05, 4.69) is 34.1 Å². The Bertz CT molecular complexity index is 538. The van der Waals surface area contributed by atoms with Crippen molar-refractivity contribution < 1.29 is 4.79 Å². The van der Waals surface area contributed by atoms with Gasteiger partial charge in [-0.25, -0.2) is 0 Å². The van der Waals surface area contributed by atoms with Gasteiger partial charge in [-0.15, -0.1) is 0 Å². The van der Waals surface area contributed by atoms with Gasteiger partial charge in [-0.05, 0) is 40.3 Å². The lowest BCUT2D eigenvalue weighted by atomic mass is 9.73. The molecule has 0 aromatic heterocycles. The van der Waals surface area contributed by atoms with Crippen LogP contribution in [0.25, 0.3) is 11.1 Å². The highest BCUT2D eigenvalue weighted by Gasteiger charge is 2.29. The Hall–Kier alpha value is -1.15. The normalized spacial score (nSPS) is 16.9. The number of hydrogen-bond acceptors (Lipinski definition) is 1. The highest BCUT2D eigenvalue weighted by Crippen LogP contribution is 2.46. The monoisotopic (exact) mass is 274 g/mol. The summed E-state index contributed by atoms with van der Waals surface area (Å²) in [5.74, 6) is 0.218. The van der Waals surface area contributed by atoms with Crippen LogP contribution in [0.15, 0.2) is 30.4 Å². The third-order valence-electron chi connectivity index (χ3n) is 3.22. The Morgan fingerprint density at radius 3 is 2.94 bits per heavy atom. The third kappa shape index (κ3) is 1.33. The summed E-state index contributed by atoms with van der Waals surface area (Å²) in [6.07, 6.45) is 5.30. The number of aryl methyl sites for hydroxylation is 1. The Morgan fingerprint density at radius 1 is 1.25 bits per heavy atom. The van der Waals surface area contributed by atoms with Gasteiger partial charge in [0.25, 0.3) is 0 Å². The van der Waals surface area contributed by atoms with E-state index in [9.17, 15) is 4.79 Å². The molecule has 0 atom stereocenters. The average Bonchev–Trinajstić information content (AvgIpc) is 2.27. The first-order valence-corrected chi connectivity index (χ1v) is 6.56. The molecule has 1 aromatic carbocycles. The molecule has 0 heterocycles. The molecule has 0 saturated heterocycles. The molecule has 0 saturated carbocycles. The number of ketones is 1. The van der Waals surface area contributed by atoms with Gasteiger partial charge in [0.15, 0.2) is 5.78 Å². The highest BCUT2D eigenvalue weighted by molar-refractivity contribution is 9.09. The Kier molecular flexibility index (Phi) is 2.32. The summed E-state index contributed by atoms with van der Waals surface area (Å²) in [5.41, 5.74) is 6.55. The fourth-order valence-electron chi connectivity index (χ4n) is 2.50. The summed E-state index contributed by atoms with van der Waals surface area (Å²) in [5, 5.41) is 0.981. The first kappa shape index (κ1) is 10.0. The SMILES string of the molecule is O=C1C=CC2=C(C1)c1cccc(CCBr)c12. The number of carbonyl (C=O) groups is 1. The summed E-state index contributed by atoms with van der Waals surface area (Å²) < 4.78 is 0. The van der Waals surface area contributed by atoms with Crippen molar-refractivity contribution in [3.8, 4) is 0 Å². The summed E-state index contributed by atoms with van der Waals surface area (Å²) in [6, 6.07) is 6.38. The van der Waals surface area contributed by atoms with E-state index in [-0.39, 0.29) is 5.78 Å². The number of hydrogen-bond donors (Lipinski definition) is 0. The Balaban J connectivity index is 2.07. The van der Waals surface area contributed by atoms with Crippen molar-refractivity contribution in [2.45, 2.75) is 12.8 Å². The molecule has 2 heteroatoms. The molecule has 0 fully saturated rings. The van der Waals surface area contributed by atoms with Gasteiger partial charge >= 0.3 is 0 Å². The molecule has 0 N–H and O–H groups in total. The van der Waals surface area contributed by atoms with Crippen LogP contribution in [0.5, 0.6) is 0 Å². The maximum Gasteiger partial charge on any atom is 0.160 e. The van der Waals surface area contributed by atoms with Crippen molar-refractivity contribution in [3.63, 3.8) is 0 Å². The van der Waals surface area contributed by atoms with Gasteiger partial charge < -0.3 is 0 Å². The zero-order valence-corrected chi connectivity index (χ0v) is 10.4. The van der Waals surface area contributed by atoms with E-state index in [1.807, 2.05) is 6.08 Å². The van der Waals surface area contributed by atoms with Crippen LogP contribution in [0.4, 0.5) is 0 Å². The van der Waals surface area contributed by atoms with Crippen LogP contribution >= 0.6 is 15.9 Å². The Morgan fingerprint density at radius 2 is 2.12 bits per heavy atom. The number of alkyl halides is 1. The molecule has 1 nitrogen and oxygen atoms in total. The first-order chi connectivity index (χ1) is 7.81. The van der Waals surface area contributed by atoms with Crippen LogP contribution in [0.3, 0.4) is 0 Å². The van der Waals surface area contributed by atoms with Gasteiger partial charge in [-0.3, -0.25) is 4.79 Å². The molecule has 3 rings (SSSR count). The molecule has 1 aromatic rings. The molecule has 2 aliphatic rings. The van der Waals surface area contributed by atoms with Crippen molar-refractivity contribution in [2.24, 2.45) is 0 Å². The fraction of sp³-hybridized carbons (Fsp3) is 0.214. The van der Waals surface area contributed by atoms with Crippen LogP contribution in [-0.4, -0.2) is 11.1 Å². The largest absolute Gasteiger partial charge is 0.294 e. The summed E-state index contributed by atoms with van der Waals surface area (Å²) in [7, 11) is 0. The molecule has 0 radical (unpaired) electrons. The van der Waals surface area contributed by atoms with Crippen LogP contribution < -0.4 is 0 Å². The lowest BCUT2D eigenvalue weighted by Gasteiger charge is -2.30. The van der Waals surface area contributed by atoms with Crippen LogP contribution in [0.2, 0.25) is 0 Å². The summed E-state index contributed by atoms with van der Waals surface area (Å²) in [4.78, 5) is 11.3. The topological polar surface area (TPSA) is 17.1 Å². The van der Waals surface area contributed by atoms with Gasteiger partial charge in [-0.2, -0.15) is 0 Å². The van der Waals surface area contributed by atoms with E-state index in [1.54, 1.807) is 6.08 Å². The van der Waals surface area contributed by atoms with E-state index in [4.69, 9.17) is 0 Å². The predicted octanol–water partition coefficient (Wildman–Crippen LogP) is 3.38. The molecule has 16 heavy (non-hydrogen) atoms. The molecule has 0 unspecified atom stereocenters. The van der Waals surface area contributed by atoms with Gasteiger partial charge in [0, 0.05) is 11.8 Å². The zero-order chi connectivity index (χ0) is 11.1. The number of allylic oxidation sites excluding steroid dienone is 4. The molecule has 0 bridgehead atoms. The number of carbonyl (C=O) groups excluding carboxylic acids is 1. The quantitative estimate of drug-likeness (QED) is 0.756. The van der Waals surface area contributed by atoms with E-state index in [0.717, 1.165) is 11.8 Å². The molecule has 80 valence electrons. The number of fused-ring (bicyclic) bond motifs is 3. The predicted molar refractivity (Wildman–Crippen MR) is 69.5 cm³/mol. The van der Waals surface area contributed by atoms with Crippen molar-refractivity contribution in [2.75, 3.05) is 5.33 Å². The van der Waals surface area contributed by atoms with Crippen molar-refractivity contribution >= 4 is 32.9 Å². The number of benzene rings is 1. The molecule has 0 spiro atoms. The molecule has 0 aliphatic heterocycles. The maximum atomic E-state index is 11.3. The smallest absolute Gasteiger partial charge is 0.160 e. The van der Waals surface area contributed by atoms with Crippen molar-refractivity contribution in [3.05, 3.63) is 47.0 Å². The fourth-order valence-corrected chi connectivity index (χ4v) is 2.92. The lowest BCUT2D eigenvalue weighted by molar-refractivity contribution is -0.113. The average molecular weight is 275 g/mol. The van der Waals surface area contributed by atoms with E-state index in [1.165, 1.54) is 27.8 Å². The minimum Gasteiger partial charge on any atom is -0.294 e. The number of rotatable bonds is 2. The van der Waals surface area contributed by atoms with Gasteiger partial charge in [0.05, 0.1) is 0 Å². The zero-order valence-electron chi connectivity index (χ0n) is 8.79. The van der Waals surface area contributed by atoms with E-state index in [0.29, 0.717) is 6.42 Å². The molecule has 0 amide bonds. The second-order valence-corrected chi connectivity index (χ2v) is 4.94. The van der Waals surface area contributed by atoms with Crippen LogP contribution in [-0.2, 0) is 11.2 Å². The van der Waals surface area contributed by atoms with Gasteiger partial charge in [0.2, 0.25) is 0 Å². The maximum absolute atomic E-state index is 11.3. The highest BCUT2D eigenvalue weighted by atomic mass is 79.9. The minimum atomic E-state index is 0.218. The van der Waals surface area contributed by atoms with Gasteiger partial charge in [-0.1, -0.05) is 40.2 Å². The number of halogens is 1. The summed E-state index contributed by atoms with van der Waals surface area (Å²) in [6.45, 7) is 0. The third-order valence-corrected chi connectivity index (χ3v) is 3.62. The van der Waals surface area contributed by atoms with E-state index < -0.39 is 0 Å². The standard InChI is InChI=1S/C14H11BrO/c15-7-6-9-2-1-3-11-13-8-10(16)4-5-12(13)14(9)11/h1-5H,6-8H2. The van der Waals surface area contributed by atoms with Gasteiger partial charge in [0.1, 0.15) is 0 Å². The second-order valence-electron chi connectivity index (χ2n) is 4.15. The van der Waals surface area contributed by atoms with Crippen LogP contribution in [0.1, 0.15) is 23.1 Å². The second kappa shape index (κ2) is 3.70. The molecule has 2 aliphatic carbocycles. The molecular formula is C14H11BrO. The summed E-state index contributed by atoms with van der Waals surface area (Å²) >= 11 is 3.48. The minimum absolute atomic E-state index is 0.218. The first-order valence-electron chi connectivity index (χ1n) is 5.44. The Labute approximate surface area is 103 Å². The van der Waals surface area contributed by atoms with Crippen LogP contribution in [0, 0.1) is 0 Å². The van der Waals surface area contributed by atoms with Crippen molar-refractivity contribution in [1.82, 2.24) is 0 Å². The van der Waals surface area contributed by atoms with Crippen molar-refractivity contribution in [1.29, 1.82) is 0 Å². The van der Waals surface area contributed by atoms with E-state index >= 15 is 0 Å². The lowest BCUT2D eigenvalue weighted by Crippen LogP contribution is -2.15. The molecular weight excluding hydrogens is 264 g/mol.